The van der Waals surface area contributed by atoms with Crippen molar-refractivity contribution in [3.05, 3.63) is 35.4 Å². The fourth-order valence-corrected chi connectivity index (χ4v) is 2.44. The molecule has 0 radical (unpaired) electrons. The number of ether oxygens (including phenoxy) is 1. The predicted molar refractivity (Wildman–Crippen MR) is 74.9 cm³/mol. The molecule has 4 nitrogen and oxygen atoms in total. The van der Waals surface area contributed by atoms with E-state index in [9.17, 15) is 4.79 Å². The van der Waals surface area contributed by atoms with Crippen molar-refractivity contribution in [3.63, 3.8) is 0 Å². The molecule has 4 heteroatoms. The predicted octanol–water partition coefficient (Wildman–Crippen LogP) is 1.19. The van der Waals surface area contributed by atoms with Crippen LogP contribution >= 0.6 is 0 Å². The van der Waals surface area contributed by atoms with Crippen LogP contribution in [0.15, 0.2) is 24.3 Å². The van der Waals surface area contributed by atoms with Gasteiger partial charge in [-0.05, 0) is 24.5 Å². The highest BCUT2D eigenvalue weighted by molar-refractivity contribution is 5.82. The van der Waals surface area contributed by atoms with Gasteiger partial charge in [-0.15, -0.1) is 0 Å². The number of amides is 1. The largest absolute Gasteiger partial charge is 0.383 e. The maximum Gasteiger partial charge on any atom is 0.240 e. The normalized spacial score (nSPS) is 19.6. The lowest BCUT2D eigenvalue weighted by Crippen LogP contribution is -2.51. The number of benzene rings is 1. The summed E-state index contributed by atoms with van der Waals surface area (Å²) in [5, 5.41) is 3.32. The Hall–Kier alpha value is -1.39. The van der Waals surface area contributed by atoms with Crippen LogP contribution in [0, 0.1) is 0 Å². The van der Waals surface area contributed by atoms with Crippen molar-refractivity contribution in [2.75, 3.05) is 20.8 Å². The van der Waals surface area contributed by atoms with Gasteiger partial charge in [0, 0.05) is 20.7 Å². The summed E-state index contributed by atoms with van der Waals surface area (Å²) in [6, 6.07) is 8.25. The Morgan fingerprint density at radius 2 is 2.16 bits per heavy atom. The number of rotatable bonds is 4. The van der Waals surface area contributed by atoms with Crippen LogP contribution in [0.1, 0.15) is 18.1 Å². The molecular weight excluding hydrogens is 240 g/mol. The maximum atomic E-state index is 12.4. The van der Waals surface area contributed by atoms with E-state index in [4.69, 9.17) is 4.74 Å². The van der Waals surface area contributed by atoms with Gasteiger partial charge in [-0.2, -0.15) is 0 Å². The Labute approximate surface area is 114 Å². The Kier molecular flexibility index (Phi) is 4.56. The summed E-state index contributed by atoms with van der Waals surface area (Å²) in [6.45, 7) is 3.32. The number of methoxy groups -OCH3 is 1. The van der Waals surface area contributed by atoms with E-state index in [2.05, 4.69) is 17.4 Å². The van der Waals surface area contributed by atoms with E-state index in [1.54, 1.807) is 12.0 Å². The summed E-state index contributed by atoms with van der Waals surface area (Å²) >= 11 is 0. The second-order valence-corrected chi connectivity index (χ2v) is 5.16. The van der Waals surface area contributed by atoms with Gasteiger partial charge in [0.05, 0.1) is 18.7 Å². The molecule has 0 fully saturated rings. The fraction of sp³-hybridized carbons (Fsp3) is 0.533. The molecule has 0 aliphatic carbocycles. The SMILES string of the molecule is COCC(C)N(C)C(=O)[C@@H]1Cc2ccccc2CN1. The number of nitrogens with zero attached hydrogens (tertiary/aromatic N) is 1. The third-order valence-electron chi connectivity index (χ3n) is 3.80. The van der Waals surface area contributed by atoms with E-state index in [1.165, 1.54) is 11.1 Å². The minimum Gasteiger partial charge on any atom is -0.383 e. The topological polar surface area (TPSA) is 41.6 Å². The van der Waals surface area contributed by atoms with Crippen molar-refractivity contribution in [1.82, 2.24) is 10.2 Å². The Morgan fingerprint density at radius 1 is 1.47 bits per heavy atom. The van der Waals surface area contributed by atoms with Crippen LogP contribution < -0.4 is 5.32 Å². The lowest BCUT2D eigenvalue weighted by molar-refractivity contribution is -0.135. The molecule has 0 saturated carbocycles. The van der Waals surface area contributed by atoms with Crippen LogP contribution in [0.4, 0.5) is 0 Å². The molecule has 1 aromatic rings. The summed E-state index contributed by atoms with van der Waals surface area (Å²) < 4.78 is 5.10. The van der Waals surface area contributed by atoms with Gasteiger partial charge in [-0.1, -0.05) is 24.3 Å². The minimum absolute atomic E-state index is 0.0940. The monoisotopic (exact) mass is 262 g/mol. The van der Waals surface area contributed by atoms with Crippen LogP contribution in [0.3, 0.4) is 0 Å². The Balaban J connectivity index is 2.02. The zero-order valence-corrected chi connectivity index (χ0v) is 11.8. The quantitative estimate of drug-likeness (QED) is 0.886. The smallest absolute Gasteiger partial charge is 0.240 e. The molecule has 1 aromatic carbocycles. The first-order valence-electron chi connectivity index (χ1n) is 6.69. The first-order chi connectivity index (χ1) is 9.13. The van der Waals surface area contributed by atoms with E-state index in [-0.39, 0.29) is 18.0 Å². The van der Waals surface area contributed by atoms with Crippen molar-refractivity contribution in [1.29, 1.82) is 0 Å². The molecule has 0 spiro atoms. The molecule has 2 rings (SSSR count). The number of likely N-dealkylation sites (N-methyl/N-ethyl adjacent to an activating group) is 1. The van der Waals surface area contributed by atoms with Crippen molar-refractivity contribution in [2.24, 2.45) is 0 Å². The molecule has 19 heavy (non-hydrogen) atoms. The number of carbonyl (C=O) groups is 1. The van der Waals surface area contributed by atoms with E-state index >= 15 is 0 Å². The zero-order chi connectivity index (χ0) is 13.8. The Bertz CT molecular complexity index is 448. The standard InChI is InChI=1S/C15H22N2O2/c1-11(10-19-3)17(2)15(18)14-8-12-6-4-5-7-13(12)9-16-14/h4-7,11,14,16H,8-10H2,1-3H3/t11?,14-/m0/s1. The summed E-state index contributed by atoms with van der Waals surface area (Å²) in [4.78, 5) is 14.2. The summed E-state index contributed by atoms with van der Waals surface area (Å²) in [5.74, 6) is 0.138. The van der Waals surface area contributed by atoms with Gasteiger partial charge >= 0.3 is 0 Å². The highest BCUT2D eigenvalue weighted by Crippen LogP contribution is 2.17. The lowest BCUT2D eigenvalue weighted by atomic mass is 9.95. The van der Waals surface area contributed by atoms with Crippen molar-refractivity contribution >= 4 is 5.91 Å². The van der Waals surface area contributed by atoms with E-state index < -0.39 is 0 Å². The van der Waals surface area contributed by atoms with E-state index in [0.29, 0.717) is 6.61 Å². The van der Waals surface area contributed by atoms with Gasteiger partial charge in [-0.25, -0.2) is 0 Å². The fourth-order valence-electron chi connectivity index (χ4n) is 2.44. The molecule has 104 valence electrons. The van der Waals surface area contributed by atoms with Gasteiger partial charge < -0.3 is 15.0 Å². The van der Waals surface area contributed by atoms with Crippen LogP contribution in [0.2, 0.25) is 0 Å². The number of fused-ring (bicyclic) bond motifs is 1. The summed E-state index contributed by atoms with van der Waals surface area (Å²) in [5.41, 5.74) is 2.56. The number of nitrogens with one attached hydrogen (secondary N) is 1. The van der Waals surface area contributed by atoms with Crippen molar-refractivity contribution in [2.45, 2.75) is 32.0 Å². The molecule has 1 amide bonds. The molecule has 0 bridgehead atoms. The molecular formula is C15H22N2O2. The Morgan fingerprint density at radius 3 is 2.84 bits per heavy atom. The lowest BCUT2D eigenvalue weighted by Gasteiger charge is -2.32. The zero-order valence-electron chi connectivity index (χ0n) is 11.8. The molecule has 1 heterocycles. The summed E-state index contributed by atoms with van der Waals surface area (Å²) in [7, 11) is 3.50. The third kappa shape index (κ3) is 3.14. The molecule has 1 aliphatic heterocycles. The molecule has 2 atom stereocenters. The van der Waals surface area contributed by atoms with Gasteiger partial charge in [0.2, 0.25) is 5.91 Å². The highest BCUT2D eigenvalue weighted by atomic mass is 16.5. The average molecular weight is 262 g/mol. The van der Waals surface area contributed by atoms with Crippen LogP contribution in [0.25, 0.3) is 0 Å². The summed E-state index contributed by atoms with van der Waals surface area (Å²) in [6.07, 6.45) is 0.763. The van der Waals surface area contributed by atoms with Gasteiger partial charge in [0.15, 0.2) is 0 Å². The van der Waals surface area contributed by atoms with Crippen LogP contribution in [-0.4, -0.2) is 43.7 Å². The van der Waals surface area contributed by atoms with Crippen molar-refractivity contribution in [3.8, 4) is 0 Å². The van der Waals surface area contributed by atoms with Crippen LogP contribution in [0.5, 0.6) is 0 Å². The van der Waals surface area contributed by atoms with E-state index in [1.807, 2.05) is 26.1 Å². The minimum atomic E-state index is -0.126. The molecule has 1 aliphatic rings. The molecule has 1 N–H and O–H groups in total. The maximum absolute atomic E-state index is 12.4. The molecule has 0 saturated heterocycles. The number of hydrogen-bond donors (Lipinski definition) is 1. The highest BCUT2D eigenvalue weighted by Gasteiger charge is 2.28. The number of carbonyl (C=O) groups excluding carboxylic acids is 1. The third-order valence-corrected chi connectivity index (χ3v) is 3.80. The van der Waals surface area contributed by atoms with Gasteiger partial charge in [0.1, 0.15) is 0 Å². The number of hydrogen-bond acceptors (Lipinski definition) is 3. The van der Waals surface area contributed by atoms with Crippen molar-refractivity contribution < 1.29 is 9.53 Å². The first-order valence-corrected chi connectivity index (χ1v) is 6.69. The average Bonchev–Trinajstić information content (AvgIpc) is 2.45. The first kappa shape index (κ1) is 14.0. The van der Waals surface area contributed by atoms with Gasteiger partial charge in [0.25, 0.3) is 0 Å². The van der Waals surface area contributed by atoms with Crippen LogP contribution in [-0.2, 0) is 22.5 Å². The molecule has 0 aromatic heterocycles. The second kappa shape index (κ2) is 6.17. The van der Waals surface area contributed by atoms with E-state index in [0.717, 1.165) is 13.0 Å². The van der Waals surface area contributed by atoms with Gasteiger partial charge in [-0.3, -0.25) is 4.79 Å². The second-order valence-electron chi connectivity index (χ2n) is 5.16. The molecule has 1 unspecified atom stereocenters.